The molecule has 1 aromatic rings. The lowest BCUT2D eigenvalue weighted by Gasteiger charge is -2.16. The quantitative estimate of drug-likeness (QED) is 0.387. The van der Waals surface area contributed by atoms with Gasteiger partial charge < -0.3 is 0 Å². The van der Waals surface area contributed by atoms with E-state index in [1.807, 2.05) is 5.01 Å². The van der Waals surface area contributed by atoms with Crippen LogP contribution in [0, 0.1) is 0 Å². The van der Waals surface area contributed by atoms with E-state index in [0.717, 1.165) is 5.69 Å². The minimum atomic E-state index is 1.07. The van der Waals surface area contributed by atoms with E-state index in [1.165, 1.54) is 80.7 Å². The Balaban J connectivity index is 1.51. The summed E-state index contributed by atoms with van der Waals surface area (Å²) in [5, 5.41) is 5.85. The van der Waals surface area contributed by atoms with Crippen molar-refractivity contribution in [3.8, 4) is 0 Å². The lowest BCUT2D eigenvalue weighted by molar-refractivity contribution is 0.419. The van der Waals surface area contributed by atoms with Crippen molar-refractivity contribution in [1.82, 2.24) is 10.1 Å². The second-order valence-electron chi connectivity index (χ2n) is 6.59. The third kappa shape index (κ3) is 7.14. The van der Waals surface area contributed by atoms with Crippen LogP contribution in [0.15, 0.2) is 29.4 Å². The molecule has 4 nitrogen and oxygen atoms in total. The van der Waals surface area contributed by atoms with Gasteiger partial charge in [-0.2, -0.15) is 4.52 Å². The number of aryl methyl sites for hydroxylation is 1. The highest BCUT2D eigenvalue weighted by molar-refractivity contribution is 7.77. The van der Waals surface area contributed by atoms with Crippen LogP contribution >= 0.6 is 12.8 Å². The van der Waals surface area contributed by atoms with Crippen LogP contribution in [0.5, 0.6) is 0 Å². The number of hydrazone groups is 1. The van der Waals surface area contributed by atoms with Gasteiger partial charge in [-0.15, -0.1) is 10.6 Å². The monoisotopic (exact) mass is 348 g/mol. The molecule has 0 aliphatic carbocycles. The average molecular weight is 349 g/mol. The van der Waals surface area contributed by atoms with Gasteiger partial charge in [-0.05, 0) is 43.4 Å². The van der Waals surface area contributed by atoms with Crippen molar-refractivity contribution in [1.29, 1.82) is 0 Å². The molecule has 0 spiro atoms. The number of anilines is 1. The zero-order valence-electron chi connectivity index (χ0n) is 15.0. The zero-order valence-corrected chi connectivity index (χ0v) is 15.8. The molecule has 0 amide bonds. The van der Waals surface area contributed by atoms with Crippen LogP contribution in [-0.4, -0.2) is 10.9 Å². The highest BCUT2D eigenvalue weighted by atomic mass is 32.1. The molecule has 0 fully saturated rings. The molecule has 0 aromatic heterocycles. The van der Waals surface area contributed by atoms with Crippen molar-refractivity contribution in [2.75, 3.05) is 5.01 Å². The molecule has 0 unspecified atom stereocenters. The lowest BCUT2D eigenvalue weighted by Crippen LogP contribution is -2.36. The number of unbranched alkanes of at least 4 members (excludes halogenated alkanes) is 9. The summed E-state index contributed by atoms with van der Waals surface area (Å²) in [7, 11) is 0. The largest absolute Gasteiger partial charge is 0.244 e. The second-order valence-corrected chi connectivity index (χ2v) is 6.97. The van der Waals surface area contributed by atoms with E-state index in [4.69, 9.17) is 0 Å². The van der Waals surface area contributed by atoms with Crippen LogP contribution in [0.2, 0.25) is 0 Å². The average Bonchev–Trinajstić information content (AvgIpc) is 3.03. The van der Waals surface area contributed by atoms with Gasteiger partial charge in [0, 0.05) is 0 Å². The summed E-state index contributed by atoms with van der Waals surface area (Å²) in [6, 6.07) is 8.66. The molecular formula is C19H32N4S. The standard InChI is InChI=1S/C19H32N4S/c1-2-3-4-5-6-7-8-9-10-11-12-18-13-15-19(16-14-18)22-17-20-23(24)21-22/h13-17,21,24H,2-12H2,1H3. The summed E-state index contributed by atoms with van der Waals surface area (Å²) in [5.74, 6) is 0. The van der Waals surface area contributed by atoms with Crippen molar-refractivity contribution in [2.45, 2.75) is 77.6 Å². The first kappa shape index (κ1) is 19.1. The van der Waals surface area contributed by atoms with Crippen LogP contribution in [0.4, 0.5) is 5.69 Å². The molecule has 0 radical (unpaired) electrons. The predicted molar refractivity (Wildman–Crippen MR) is 107 cm³/mol. The zero-order chi connectivity index (χ0) is 17.0. The van der Waals surface area contributed by atoms with Gasteiger partial charge in [0.25, 0.3) is 0 Å². The van der Waals surface area contributed by atoms with Crippen molar-refractivity contribution >= 4 is 24.8 Å². The van der Waals surface area contributed by atoms with Crippen molar-refractivity contribution in [3.05, 3.63) is 29.8 Å². The molecule has 1 aliphatic heterocycles. The number of benzene rings is 1. The maximum absolute atomic E-state index is 4.11. The number of rotatable bonds is 12. The fraction of sp³-hybridized carbons (Fsp3) is 0.632. The molecule has 0 saturated heterocycles. The second kappa shape index (κ2) is 11.4. The van der Waals surface area contributed by atoms with Crippen LogP contribution < -0.4 is 10.5 Å². The molecule has 1 aromatic carbocycles. The smallest absolute Gasteiger partial charge is 0.134 e. The minimum absolute atomic E-state index is 1.07. The number of hydrogen-bond donors (Lipinski definition) is 2. The van der Waals surface area contributed by atoms with Gasteiger partial charge in [0.15, 0.2) is 0 Å². The number of hydrazine groups is 2. The molecule has 2 rings (SSSR count). The maximum Gasteiger partial charge on any atom is 0.134 e. The van der Waals surface area contributed by atoms with E-state index >= 15 is 0 Å². The highest BCUT2D eigenvalue weighted by Crippen LogP contribution is 2.17. The van der Waals surface area contributed by atoms with Crippen molar-refractivity contribution in [2.24, 2.45) is 5.10 Å². The minimum Gasteiger partial charge on any atom is -0.244 e. The summed E-state index contributed by atoms with van der Waals surface area (Å²) in [6.07, 6.45) is 16.8. The molecule has 24 heavy (non-hydrogen) atoms. The van der Waals surface area contributed by atoms with E-state index in [2.05, 4.69) is 54.6 Å². The predicted octanol–water partition coefficient (Wildman–Crippen LogP) is 5.48. The SMILES string of the molecule is CCCCCCCCCCCCc1ccc(N2C=NN(S)N2)cc1. The fourth-order valence-corrected chi connectivity index (χ4v) is 3.16. The first-order valence-electron chi connectivity index (χ1n) is 9.47. The molecule has 5 heteroatoms. The Morgan fingerprint density at radius 2 is 1.46 bits per heavy atom. The molecule has 0 atom stereocenters. The molecule has 1 N–H and O–H groups in total. The Morgan fingerprint density at radius 3 is 2.00 bits per heavy atom. The normalized spacial score (nSPS) is 13.9. The molecule has 1 aliphatic rings. The Bertz CT molecular complexity index is 475. The Hall–Kier alpha value is -1.20. The van der Waals surface area contributed by atoms with Gasteiger partial charge >= 0.3 is 0 Å². The Labute approximate surface area is 152 Å². The van der Waals surface area contributed by atoms with Gasteiger partial charge in [-0.25, -0.2) is 5.01 Å². The first-order valence-corrected chi connectivity index (χ1v) is 9.87. The maximum atomic E-state index is 4.11. The molecule has 1 heterocycles. The summed E-state index contributed by atoms with van der Waals surface area (Å²) >= 11 is 4.11. The van der Waals surface area contributed by atoms with E-state index in [-0.39, 0.29) is 0 Å². The van der Waals surface area contributed by atoms with Crippen LogP contribution in [0.3, 0.4) is 0 Å². The van der Waals surface area contributed by atoms with E-state index in [9.17, 15) is 0 Å². The van der Waals surface area contributed by atoms with Gasteiger partial charge in [0.1, 0.15) is 6.34 Å². The summed E-state index contributed by atoms with van der Waals surface area (Å²) in [5.41, 5.74) is 5.47. The van der Waals surface area contributed by atoms with Crippen molar-refractivity contribution in [3.63, 3.8) is 0 Å². The summed E-state index contributed by atoms with van der Waals surface area (Å²) < 4.78 is 1.39. The topological polar surface area (TPSA) is 30.9 Å². The Morgan fingerprint density at radius 1 is 0.875 bits per heavy atom. The van der Waals surface area contributed by atoms with E-state index < -0.39 is 0 Å². The van der Waals surface area contributed by atoms with Gasteiger partial charge in [0.2, 0.25) is 0 Å². The summed E-state index contributed by atoms with van der Waals surface area (Å²) in [4.78, 5) is 0. The van der Waals surface area contributed by atoms with E-state index in [1.54, 1.807) is 6.34 Å². The number of nitrogens with one attached hydrogen (secondary N) is 1. The van der Waals surface area contributed by atoms with Crippen LogP contribution in [-0.2, 0) is 6.42 Å². The van der Waals surface area contributed by atoms with Gasteiger partial charge in [-0.1, -0.05) is 76.8 Å². The number of thiol groups is 1. The molecule has 134 valence electrons. The number of nitrogens with zero attached hydrogens (tertiary/aromatic N) is 3. The lowest BCUT2D eigenvalue weighted by atomic mass is 10.0. The molecule has 0 bridgehead atoms. The summed E-state index contributed by atoms with van der Waals surface area (Å²) in [6.45, 7) is 2.28. The number of hydrogen-bond acceptors (Lipinski definition) is 5. The Kier molecular flexibility index (Phi) is 9.06. The highest BCUT2D eigenvalue weighted by Gasteiger charge is 2.11. The van der Waals surface area contributed by atoms with Crippen LogP contribution in [0.1, 0.15) is 76.7 Å². The fourth-order valence-electron chi connectivity index (χ4n) is 3.01. The third-order valence-electron chi connectivity index (χ3n) is 4.51. The van der Waals surface area contributed by atoms with Gasteiger partial charge in [0.05, 0.1) is 5.69 Å². The first-order chi connectivity index (χ1) is 11.8. The molecular weight excluding hydrogens is 316 g/mol. The van der Waals surface area contributed by atoms with Crippen LogP contribution in [0.25, 0.3) is 0 Å². The van der Waals surface area contributed by atoms with Crippen molar-refractivity contribution < 1.29 is 0 Å². The van der Waals surface area contributed by atoms with E-state index in [0.29, 0.717) is 0 Å². The van der Waals surface area contributed by atoms with Gasteiger partial charge in [-0.3, -0.25) is 0 Å². The third-order valence-corrected chi connectivity index (χ3v) is 4.70. The molecule has 0 saturated carbocycles.